The summed E-state index contributed by atoms with van der Waals surface area (Å²) in [5.74, 6) is -0.0576. The molecule has 1 fully saturated rings. The van der Waals surface area contributed by atoms with Gasteiger partial charge >= 0.3 is 0 Å². The van der Waals surface area contributed by atoms with Gasteiger partial charge in [0, 0.05) is 17.2 Å². The Morgan fingerprint density at radius 1 is 1.71 bits per heavy atom. The normalized spacial score (nSPS) is 21.4. The van der Waals surface area contributed by atoms with Crippen LogP contribution in [0.15, 0.2) is 6.07 Å². The summed E-state index contributed by atoms with van der Waals surface area (Å²) in [4.78, 5) is 13.6. The summed E-state index contributed by atoms with van der Waals surface area (Å²) >= 11 is 1.43. The first-order valence-corrected chi connectivity index (χ1v) is 6.68. The number of aryl methyl sites for hydroxylation is 1. The third-order valence-corrected chi connectivity index (χ3v) is 4.13. The molecule has 0 aromatic carbocycles. The first-order valence-electron chi connectivity index (χ1n) is 5.86. The van der Waals surface area contributed by atoms with Crippen molar-refractivity contribution < 1.29 is 9.53 Å². The molecule has 1 aliphatic rings. The van der Waals surface area contributed by atoms with Crippen molar-refractivity contribution in [3.05, 3.63) is 15.8 Å². The molecule has 2 rings (SSSR count). The molecule has 1 saturated heterocycles. The van der Waals surface area contributed by atoms with Gasteiger partial charge in [0.15, 0.2) is 0 Å². The molecule has 2 atom stereocenters. The molecule has 0 spiro atoms. The largest absolute Gasteiger partial charge is 0.398 e. The van der Waals surface area contributed by atoms with Crippen LogP contribution < -0.4 is 11.1 Å². The van der Waals surface area contributed by atoms with Crippen molar-refractivity contribution in [1.82, 2.24) is 5.32 Å². The lowest BCUT2D eigenvalue weighted by Crippen LogP contribution is -2.40. The second-order valence-corrected chi connectivity index (χ2v) is 5.69. The lowest BCUT2D eigenvalue weighted by Gasteiger charge is -2.19. The van der Waals surface area contributed by atoms with Crippen LogP contribution >= 0.6 is 11.3 Å². The third-order valence-electron chi connectivity index (χ3n) is 3.06. The van der Waals surface area contributed by atoms with Crippen LogP contribution in [0.2, 0.25) is 0 Å². The predicted octanol–water partition coefficient (Wildman–Crippen LogP) is 1.94. The summed E-state index contributed by atoms with van der Waals surface area (Å²) in [5, 5.41) is 2.97. The molecule has 1 aromatic rings. The van der Waals surface area contributed by atoms with Gasteiger partial charge in [-0.25, -0.2) is 0 Å². The number of anilines is 1. The lowest BCUT2D eigenvalue weighted by molar-refractivity contribution is 0.0714. The summed E-state index contributed by atoms with van der Waals surface area (Å²) in [6.45, 7) is 4.70. The lowest BCUT2D eigenvalue weighted by atomic mass is 10.1. The first kappa shape index (κ1) is 12.4. The van der Waals surface area contributed by atoms with Gasteiger partial charge in [0.2, 0.25) is 0 Å². The number of nitrogen functional groups attached to an aromatic ring is 1. The fourth-order valence-corrected chi connectivity index (χ4v) is 2.82. The van der Waals surface area contributed by atoms with Gasteiger partial charge in [-0.15, -0.1) is 11.3 Å². The molecule has 2 unspecified atom stereocenters. The number of amides is 1. The monoisotopic (exact) mass is 254 g/mol. The van der Waals surface area contributed by atoms with Gasteiger partial charge in [-0.3, -0.25) is 4.79 Å². The standard InChI is InChI=1S/C12H18N2O2S/c1-7(10-4-3-5-16-10)14-12(15)11-6-9(13)8(2)17-11/h6-7,10H,3-5,13H2,1-2H3,(H,14,15). The molecule has 2 heterocycles. The molecule has 17 heavy (non-hydrogen) atoms. The summed E-state index contributed by atoms with van der Waals surface area (Å²) < 4.78 is 5.54. The Balaban J connectivity index is 1.96. The van der Waals surface area contributed by atoms with E-state index < -0.39 is 0 Å². The van der Waals surface area contributed by atoms with Gasteiger partial charge in [0.05, 0.1) is 17.0 Å². The number of carbonyl (C=O) groups is 1. The van der Waals surface area contributed by atoms with Crippen LogP contribution in [0.5, 0.6) is 0 Å². The van der Waals surface area contributed by atoms with Crippen LogP contribution in [-0.4, -0.2) is 24.7 Å². The summed E-state index contributed by atoms with van der Waals surface area (Å²) in [7, 11) is 0. The van der Waals surface area contributed by atoms with Gasteiger partial charge in [-0.05, 0) is 32.8 Å². The van der Waals surface area contributed by atoms with E-state index in [4.69, 9.17) is 10.5 Å². The van der Waals surface area contributed by atoms with Crippen molar-refractivity contribution in [3.63, 3.8) is 0 Å². The van der Waals surface area contributed by atoms with Crippen LogP contribution in [0.1, 0.15) is 34.3 Å². The number of nitrogens with two attached hydrogens (primary N) is 1. The highest BCUT2D eigenvalue weighted by Gasteiger charge is 2.24. The third kappa shape index (κ3) is 2.79. The maximum Gasteiger partial charge on any atom is 0.261 e. The van der Waals surface area contributed by atoms with Crippen LogP contribution in [0.3, 0.4) is 0 Å². The Morgan fingerprint density at radius 3 is 3.00 bits per heavy atom. The summed E-state index contributed by atoms with van der Waals surface area (Å²) in [6.07, 6.45) is 2.25. The fraction of sp³-hybridized carbons (Fsp3) is 0.583. The van der Waals surface area contributed by atoms with Gasteiger partial charge < -0.3 is 15.8 Å². The predicted molar refractivity (Wildman–Crippen MR) is 69.4 cm³/mol. The Morgan fingerprint density at radius 2 is 2.47 bits per heavy atom. The van der Waals surface area contributed by atoms with Gasteiger partial charge in [0.1, 0.15) is 0 Å². The topological polar surface area (TPSA) is 64.3 Å². The number of carbonyl (C=O) groups excluding carboxylic acids is 1. The van der Waals surface area contributed by atoms with Crippen LogP contribution in [0.25, 0.3) is 0 Å². The number of ether oxygens (including phenoxy) is 1. The van der Waals surface area contributed by atoms with Crippen LogP contribution in [-0.2, 0) is 4.74 Å². The van der Waals surface area contributed by atoms with E-state index in [0.717, 1.165) is 24.3 Å². The molecule has 4 nitrogen and oxygen atoms in total. The molecule has 0 aliphatic carbocycles. The van der Waals surface area contributed by atoms with Gasteiger partial charge in [-0.1, -0.05) is 0 Å². The molecule has 1 amide bonds. The van der Waals surface area contributed by atoms with Gasteiger partial charge in [-0.2, -0.15) is 0 Å². The molecule has 0 radical (unpaired) electrons. The highest BCUT2D eigenvalue weighted by atomic mass is 32.1. The van der Waals surface area contributed by atoms with Crippen molar-refractivity contribution in [2.24, 2.45) is 0 Å². The minimum absolute atomic E-state index is 0.0497. The zero-order valence-corrected chi connectivity index (χ0v) is 11.0. The number of hydrogen-bond acceptors (Lipinski definition) is 4. The minimum Gasteiger partial charge on any atom is -0.398 e. The van der Waals surface area contributed by atoms with E-state index >= 15 is 0 Å². The molecule has 0 saturated carbocycles. The zero-order valence-electron chi connectivity index (χ0n) is 10.2. The van der Waals surface area contributed by atoms with Gasteiger partial charge in [0.25, 0.3) is 5.91 Å². The quantitative estimate of drug-likeness (QED) is 0.866. The van der Waals surface area contributed by atoms with E-state index in [-0.39, 0.29) is 18.1 Å². The molecule has 5 heteroatoms. The molecule has 3 N–H and O–H groups in total. The van der Waals surface area contributed by atoms with Crippen molar-refractivity contribution in [3.8, 4) is 0 Å². The van der Waals surface area contributed by atoms with E-state index in [1.807, 2.05) is 13.8 Å². The van der Waals surface area contributed by atoms with Crippen molar-refractivity contribution in [2.45, 2.75) is 38.8 Å². The zero-order chi connectivity index (χ0) is 12.4. The maximum absolute atomic E-state index is 12.0. The summed E-state index contributed by atoms with van der Waals surface area (Å²) in [5.41, 5.74) is 6.42. The molecular weight excluding hydrogens is 236 g/mol. The number of thiophene rings is 1. The van der Waals surface area contributed by atoms with Crippen molar-refractivity contribution in [2.75, 3.05) is 12.3 Å². The molecule has 94 valence electrons. The van der Waals surface area contributed by atoms with E-state index in [2.05, 4.69) is 5.32 Å². The maximum atomic E-state index is 12.0. The van der Waals surface area contributed by atoms with E-state index in [1.165, 1.54) is 11.3 Å². The Bertz CT molecular complexity index is 391. The highest BCUT2D eigenvalue weighted by Crippen LogP contribution is 2.23. The molecule has 1 aromatic heterocycles. The smallest absolute Gasteiger partial charge is 0.261 e. The average Bonchev–Trinajstić information content (AvgIpc) is 2.89. The SMILES string of the molecule is Cc1sc(C(=O)NC(C)C2CCCO2)cc1N. The highest BCUT2D eigenvalue weighted by molar-refractivity contribution is 7.14. The molecular formula is C12H18N2O2S. The van der Waals surface area contributed by atoms with E-state index in [0.29, 0.717) is 10.6 Å². The van der Waals surface area contributed by atoms with Crippen molar-refractivity contribution >= 4 is 22.9 Å². The number of nitrogens with one attached hydrogen (secondary N) is 1. The number of hydrogen-bond donors (Lipinski definition) is 2. The number of rotatable bonds is 3. The Kier molecular flexibility index (Phi) is 3.69. The van der Waals surface area contributed by atoms with Crippen molar-refractivity contribution in [1.29, 1.82) is 0 Å². The Hall–Kier alpha value is -1.07. The van der Waals surface area contributed by atoms with Crippen LogP contribution in [0.4, 0.5) is 5.69 Å². The molecule has 1 aliphatic heterocycles. The first-order chi connectivity index (χ1) is 8.08. The fourth-order valence-electron chi connectivity index (χ4n) is 1.98. The second-order valence-electron chi connectivity index (χ2n) is 4.44. The van der Waals surface area contributed by atoms with Crippen LogP contribution in [0, 0.1) is 6.92 Å². The Labute approximate surface area is 105 Å². The second kappa shape index (κ2) is 5.06. The molecule has 0 bridgehead atoms. The minimum atomic E-state index is -0.0576. The van der Waals surface area contributed by atoms with E-state index in [9.17, 15) is 4.79 Å². The average molecular weight is 254 g/mol. The summed E-state index contributed by atoms with van der Waals surface area (Å²) in [6, 6.07) is 1.78. The van der Waals surface area contributed by atoms with E-state index in [1.54, 1.807) is 6.07 Å².